The van der Waals surface area contributed by atoms with Crippen LogP contribution < -0.4 is 15.4 Å². The molecule has 166 valence electrons. The molecule has 3 N–H and O–H groups in total. The van der Waals surface area contributed by atoms with E-state index in [1.165, 1.54) is 12.4 Å². The highest BCUT2D eigenvalue weighted by Crippen LogP contribution is 2.42. The number of alkyl halides is 3. The number of nitrogens with zero attached hydrogens (tertiary/aromatic N) is 4. The Hall–Kier alpha value is -3.13. The van der Waals surface area contributed by atoms with Crippen LogP contribution in [-0.2, 0) is 6.54 Å². The molecule has 0 aromatic carbocycles. The predicted molar refractivity (Wildman–Crippen MR) is 106 cm³/mol. The molecule has 0 radical (unpaired) electrons. The normalized spacial score (nSPS) is 19.8. The van der Waals surface area contributed by atoms with E-state index >= 15 is 0 Å². The number of aromatic nitrogens is 3. The second-order valence-corrected chi connectivity index (χ2v) is 7.87. The molecule has 1 aliphatic rings. The number of rotatable bonds is 8. The van der Waals surface area contributed by atoms with Crippen molar-refractivity contribution in [3.63, 3.8) is 0 Å². The summed E-state index contributed by atoms with van der Waals surface area (Å²) >= 11 is 0. The number of anilines is 2. The van der Waals surface area contributed by atoms with Crippen LogP contribution >= 0.6 is 0 Å². The molecule has 3 rings (SSSR count). The summed E-state index contributed by atoms with van der Waals surface area (Å²) in [6.45, 7) is 3.48. The third-order valence-electron chi connectivity index (χ3n) is 5.35. The molecule has 2 heterocycles. The summed E-state index contributed by atoms with van der Waals surface area (Å²) in [6, 6.07) is 5.30. The second-order valence-electron chi connectivity index (χ2n) is 7.87. The number of aliphatic hydroxyl groups is 1. The van der Waals surface area contributed by atoms with E-state index in [0.717, 1.165) is 0 Å². The topological polar surface area (TPSA) is 116 Å². The number of hydrogen-bond donors (Lipinski definition) is 3. The van der Waals surface area contributed by atoms with E-state index in [1.807, 2.05) is 19.9 Å². The van der Waals surface area contributed by atoms with Crippen molar-refractivity contribution in [3.8, 4) is 11.9 Å². The Balaban J connectivity index is 1.67. The summed E-state index contributed by atoms with van der Waals surface area (Å²) in [7, 11) is 0. The number of hydrogen-bond acceptors (Lipinski definition) is 8. The van der Waals surface area contributed by atoms with Gasteiger partial charge in [-0.25, -0.2) is 9.97 Å². The number of aliphatic hydroxyl groups excluding tert-OH is 1. The number of nitriles is 1. The van der Waals surface area contributed by atoms with E-state index in [2.05, 4.69) is 25.6 Å². The third kappa shape index (κ3) is 5.52. The lowest BCUT2D eigenvalue weighted by Gasteiger charge is -2.49. The average Bonchev–Trinajstić information content (AvgIpc) is 2.72. The first-order chi connectivity index (χ1) is 14.6. The summed E-state index contributed by atoms with van der Waals surface area (Å²) in [6.07, 6.45) is -2.46. The van der Waals surface area contributed by atoms with Gasteiger partial charge in [-0.1, -0.05) is 19.9 Å². The number of pyridine rings is 1. The van der Waals surface area contributed by atoms with Crippen LogP contribution in [0.2, 0.25) is 0 Å². The molecular formula is C20H23F3N6O2. The number of ether oxygens (including phenoxy) is 1. The van der Waals surface area contributed by atoms with E-state index in [-0.39, 0.29) is 35.4 Å². The first-order valence-corrected chi connectivity index (χ1v) is 9.69. The highest BCUT2D eigenvalue weighted by atomic mass is 19.4. The summed E-state index contributed by atoms with van der Waals surface area (Å²) < 4.78 is 42.2. The highest BCUT2D eigenvalue weighted by Gasteiger charge is 2.47. The van der Waals surface area contributed by atoms with Crippen molar-refractivity contribution < 1.29 is 23.0 Å². The maximum absolute atomic E-state index is 12.3. The molecule has 2 atom stereocenters. The zero-order valence-electron chi connectivity index (χ0n) is 17.1. The van der Waals surface area contributed by atoms with Gasteiger partial charge in [-0.2, -0.15) is 23.4 Å². The van der Waals surface area contributed by atoms with Gasteiger partial charge in [0.15, 0.2) is 0 Å². The fourth-order valence-corrected chi connectivity index (χ4v) is 3.10. The predicted octanol–water partition coefficient (Wildman–Crippen LogP) is 3.26. The molecule has 0 saturated heterocycles. The molecule has 1 aliphatic carbocycles. The zero-order chi connectivity index (χ0) is 22.6. The van der Waals surface area contributed by atoms with Crippen molar-refractivity contribution in [2.75, 3.05) is 17.2 Å². The van der Waals surface area contributed by atoms with Crippen molar-refractivity contribution in [2.24, 2.45) is 5.41 Å². The SMILES string of the molecule is CC1(C)[C@@H](Nc2nc(NCc3cccnc3OCCC(F)(F)F)ncc2C#N)C[C@@H]1O. The van der Waals surface area contributed by atoms with E-state index in [9.17, 15) is 23.5 Å². The molecule has 2 aromatic rings. The maximum Gasteiger partial charge on any atom is 0.392 e. The van der Waals surface area contributed by atoms with E-state index < -0.39 is 25.3 Å². The molecule has 1 saturated carbocycles. The number of halogens is 3. The fourth-order valence-electron chi connectivity index (χ4n) is 3.10. The molecule has 2 aromatic heterocycles. The van der Waals surface area contributed by atoms with Crippen LogP contribution in [0.5, 0.6) is 5.88 Å². The first-order valence-electron chi connectivity index (χ1n) is 9.69. The molecule has 0 unspecified atom stereocenters. The third-order valence-corrected chi connectivity index (χ3v) is 5.35. The van der Waals surface area contributed by atoms with E-state index in [0.29, 0.717) is 17.8 Å². The van der Waals surface area contributed by atoms with Gasteiger partial charge in [-0.3, -0.25) is 0 Å². The van der Waals surface area contributed by atoms with Gasteiger partial charge in [0.05, 0.1) is 25.3 Å². The van der Waals surface area contributed by atoms with Gasteiger partial charge >= 0.3 is 6.18 Å². The van der Waals surface area contributed by atoms with Gasteiger partial charge in [0, 0.05) is 29.8 Å². The summed E-state index contributed by atoms with van der Waals surface area (Å²) in [5.74, 6) is 0.665. The van der Waals surface area contributed by atoms with Crippen molar-refractivity contribution in [1.29, 1.82) is 5.26 Å². The second kappa shape index (κ2) is 8.93. The lowest BCUT2D eigenvalue weighted by Crippen LogP contribution is -2.57. The van der Waals surface area contributed by atoms with Crippen molar-refractivity contribution in [3.05, 3.63) is 35.7 Å². The Morgan fingerprint density at radius 1 is 1.35 bits per heavy atom. The molecule has 0 amide bonds. The van der Waals surface area contributed by atoms with Crippen molar-refractivity contribution in [1.82, 2.24) is 15.0 Å². The smallest absolute Gasteiger partial charge is 0.392 e. The van der Waals surface area contributed by atoms with Crippen LogP contribution in [-0.4, -0.2) is 45.0 Å². The lowest BCUT2D eigenvalue weighted by atomic mass is 9.64. The van der Waals surface area contributed by atoms with Crippen LogP contribution in [0.1, 0.15) is 37.8 Å². The van der Waals surface area contributed by atoms with Crippen molar-refractivity contribution in [2.45, 2.75) is 51.6 Å². The molecule has 0 spiro atoms. The summed E-state index contributed by atoms with van der Waals surface area (Å²) in [5, 5.41) is 25.4. The molecule has 0 bridgehead atoms. The minimum absolute atomic E-state index is 0.0516. The van der Waals surface area contributed by atoms with Crippen LogP contribution in [0.25, 0.3) is 0 Å². The Labute approximate surface area is 177 Å². The monoisotopic (exact) mass is 436 g/mol. The van der Waals surface area contributed by atoms with Crippen molar-refractivity contribution >= 4 is 11.8 Å². The van der Waals surface area contributed by atoms with Crippen LogP contribution in [0.4, 0.5) is 24.9 Å². The minimum Gasteiger partial charge on any atom is -0.477 e. The van der Waals surface area contributed by atoms with Crippen LogP contribution in [0.15, 0.2) is 24.5 Å². The Morgan fingerprint density at radius 3 is 2.77 bits per heavy atom. The Bertz CT molecular complexity index is 961. The standard InChI is InChI=1S/C20H23F3N6O2/c1-19(2)14(8-15(19)30)28-16-13(9-24)11-27-18(29-16)26-10-12-4-3-6-25-17(12)31-7-5-20(21,22)23/h3-4,6,11,14-15,30H,5,7-8,10H2,1-2H3,(H2,26,27,28,29)/t14-,15-/m0/s1. The summed E-state index contributed by atoms with van der Waals surface area (Å²) in [4.78, 5) is 12.4. The minimum atomic E-state index is -4.31. The lowest BCUT2D eigenvalue weighted by molar-refractivity contribution is -0.139. The largest absolute Gasteiger partial charge is 0.477 e. The average molecular weight is 436 g/mol. The van der Waals surface area contributed by atoms with Gasteiger partial charge in [0.2, 0.25) is 11.8 Å². The molecule has 1 fully saturated rings. The highest BCUT2D eigenvalue weighted by molar-refractivity contribution is 5.54. The molecule has 0 aliphatic heterocycles. The van der Waals surface area contributed by atoms with Gasteiger partial charge in [0.1, 0.15) is 17.5 Å². The van der Waals surface area contributed by atoms with Crippen LogP contribution in [0, 0.1) is 16.7 Å². The van der Waals surface area contributed by atoms with Crippen LogP contribution in [0.3, 0.4) is 0 Å². The first kappa shape index (κ1) is 22.6. The van der Waals surface area contributed by atoms with Gasteiger partial charge in [-0.15, -0.1) is 0 Å². The van der Waals surface area contributed by atoms with E-state index in [4.69, 9.17) is 4.74 Å². The summed E-state index contributed by atoms with van der Waals surface area (Å²) in [5.41, 5.74) is 0.444. The zero-order valence-corrected chi connectivity index (χ0v) is 17.1. The van der Waals surface area contributed by atoms with Gasteiger partial charge in [-0.05, 0) is 12.5 Å². The molecule has 31 heavy (non-hydrogen) atoms. The Morgan fingerprint density at radius 2 is 2.13 bits per heavy atom. The van der Waals surface area contributed by atoms with E-state index in [1.54, 1.807) is 12.1 Å². The Kier molecular flexibility index (Phi) is 6.50. The maximum atomic E-state index is 12.3. The fraction of sp³-hybridized carbons (Fsp3) is 0.500. The quantitative estimate of drug-likeness (QED) is 0.578. The van der Waals surface area contributed by atoms with Gasteiger partial charge < -0.3 is 20.5 Å². The molecule has 8 nitrogen and oxygen atoms in total. The molecular weight excluding hydrogens is 413 g/mol. The van der Waals surface area contributed by atoms with Gasteiger partial charge in [0.25, 0.3) is 0 Å². The molecule has 11 heteroatoms. The number of nitrogens with one attached hydrogen (secondary N) is 2.